The molecule has 1 aromatic heterocycles. The van der Waals surface area contributed by atoms with E-state index in [0.717, 1.165) is 12.8 Å². The van der Waals surface area contributed by atoms with Crippen molar-refractivity contribution in [1.29, 1.82) is 0 Å². The predicted molar refractivity (Wildman–Crippen MR) is 73.6 cm³/mol. The second kappa shape index (κ2) is 7.03. The van der Waals surface area contributed by atoms with Gasteiger partial charge in [-0.3, -0.25) is 4.79 Å². The van der Waals surface area contributed by atoms with Crippen LogP contribution in [0.1, 0.15) is 26.2 Å². The number of aromatic nitrogens is 2. The van der Waals surface area contributed by atoms with Crippen molar-refractivity contribution >= 4 is 43.6 Å². The summed E-state index contributed by atoms with van der Waals surface area (Å²) in [6.45, 7) is 1.93. The van der Waals surface area contributed by atoms with Crippen molar-refractivity contribution < 1.29 is 4.79 Å². The van der Waals surface area contributed by atoms with Gasteiger partial charge in [-0.05, 0) is 51.6 Å². The van der Waals surface area contributed by atoms with Crippen molar-refractivity contribution in [2.24, 2.45) is 5.73 Å². The normalized spacial score (nSPS) is 12.2. The van der Waals surface area contributed by atoms with Gasteiger partial charge < -0.3 is 11.1 Å². The van der Waals surface area contributed by atoms with Crippen LogP contribution in [0.4, 0.5) is 5.82 Å². The lowest BCUT2D eigenvalue weighted by Gasteiger charge is -2.07. The van der Waals surface area contributed by atoms with Crippen molar-refractivity contribution in [3.05, 3.63) is 15.4 Å². The molecule has 0 saturated carbocycles. The molecule has 0 fully saturated rings. The molecule has 0 aliphatic rings. The van der Waals surface area contributed by atoms with Crippen molar-refractivity contribution in [1.82, 2.24) is 9.97 Å². The summed E-state index contributed by atoms with van der Waals surface area (Å²) >= 11 is 6.42. The predicted octanol–water partition coefficient (Wildman–Crippen LogP) is 2.46. The smallest absolute Gasteiger partial charge is 0.225 e. The molecule has 1 heterocycles. The highest BCUT2D eigenvalue weighted by Crippen LogP contribution is 2.19. The molecule has 0 bridgehead atoms. The van der Waals surface area contributed by atoms with E-state index in [0.29, 0.717) is 21.4 Å². The number of carbonyl (C=O) groups is 1. The van der Waals surface area contributed by atoms with Gasteiger partial charge in [0, 0.05) is 12.5 Å². The average Bonchev–Trinajstić information content (AvgIpc) is 2.21. The molecule has 0 saturated heterocycles. The Hall–Kier alpha value is -0.530. The molecule has 0 spiro atoms. The van der Waals surface area contributed by atoms with Crippen LogP contribution < -0.4 is 11.1 Å². The van der Waals surface area contributed by atoms with Gasteiger partial charge in [0.25, 0.3) is 0 Å². The number of carbonyl (C=O) groups excluding carboxylic acids is 1. The lowest BCUT2D eigenvalue weighted by atomic mass is 10.1. The summed E-state index contributed by atoms with van der Waals surface area (Å²) in [5.74, 6) is 0.349. The fraction of sp³-hybridized carbons (Fsp3) is 0.500. The summed E-state index contributed by atoms with van der Waals surface area (Å²) < 4.78 is 1.12. The molecule has 5 nitrogen and oxygen atoms in total. The van der Waals surface area contributed by atoms with Gasteiger partial charge in [-0.1, -0.05) is 0 Å². The van der Waals surface area contributed by atoms with E-state index in [-0.39, 0.29) is 11.9 Å². The van der Waals surface area contributed by atoms with Gasteiger partial charge in [-0.2, -0.15) is 0 Å². The Morgan fingerprint density at radius 1 is 1.59 bits per heavy atom. The standard InChI is InChI=1S/C10H14Br2N4O/c1-6(13)3-2-4-8(17)16-10-9(12)15-7(11)5-14-10/h5-6H,2-4,13H2,1H3,(H,14,16,17). The van der Waals surface area contributed by atoms with E-state index in [2.05, 4.69) is 47.1 Å². The second-order valence-corrected chi connectivity index (χ2v) is 5.31. The molecule has 0 aromatic carbocycles. The van der Waals surface area contributed by atoms with E-state index in [1.54, 1.807) is 0 Å². The first-order chi connectivity index (χ1) is 7.99. The molecule has 17 heavy (non-hydrogen) atoms. The first-order valence-corrected chi connectivity index (χ1v) is 6.81. The highest BCUT2D eigenvalue weighted by Gasteiger charge is 2.08. The number of amides is 1. The Morgan fingerprint density at radius 2 is 2.29 bits per heavy atom. The van der Waals surface area contributed by atoms with Crippen LogP contribution in [-0.2, 0) is 4.79 Å². The van der Waals surface area contributed by atoms with E-state index in [9.17, 15) is 4.79 Å². The quantitative estimate of drug-likeness (QED) is 0.839. The molecule has 1 amide bonds. The van der Waals surface area contributed by atoms with Crippen molar-refractivity contribution in [3.8, 4) is 0 Å². The zero-order valence-electron chi connectivity index (χ0n) is 9.41. The van der Waals surface area contributed by atoms with Gasteiger partial charge >= 0.3 is 0 Å². The Labute approximate surface area is 117 Å². The summed E-state index contributed by atoms with van der Waals surface area (Å²) in [5, 5.41) is 2.69. The number of nitrogens with one attached hydrogen (secondary N) is 1. The van der Waals surface area contributed by atoms with Crippen LogP contribution in [0.3, 0.4) is 0 Å². The number of anilines is 1. The molecule has 1 rings (SSSR count). The van der Waals surface area contributed by atoms with E-state index in [1.165, 1.54) is 6.20 Å². The molecule has 3 N–H and O–H groups in total. The van der Waals surface area contributed by atoms with Gasteiger partial charge in [0.2, 0.25) is 5.91 Å². The third kappa shape index (κ3) is 5.56. The van der Waals surface area contributed by atoms with Crippen LogP contribution >= 0.6 is 31.9 Å². The lowest BCUT2D eigenvalue weighted by molar-refractivity contribution is -0.116. The lowest BCUT2D eigenvalue weighted by Crippen LogP contribution is -2.17. The third-order valence-corrected chi connectivity index (χ3v) is 2.96. The van der Waals surface area contributed by atoms with E-state index in [4.69, 9.17) is 5.73 Å². The zero-order valence-corrected chi connectivity index (χ0v) is 12.6. The van der Waals surface area contributed by atoms with E-state index < -0.39 is 0 Å². The van der Waals surface area contributed by atoms with Crippen LogP contribution in [0.25, 0.3) is 0 Å². The molecule has 0 radical (unpaired) electrons. The number of halogens is 2. The molecule has 0 aliphatic heterocycles. The maximum absolute atomic E-state index is 11.6. The number of hydrogen-bond acceptors (Lipinski definition) is 4. The molecule has 0 aliphatic carbocycles. The number of nitrogens with two attached hydrogens (primary N) is 1. The van der Waals surface area contributed by atoms with Gasteiger partial charge in [0.1, 0.15) is 9.21 Å². The van der Waals surface area contributed by atoms with Crippen LogP contribution in [0.15, 0.2) is 15.4 Å². The Morgan fingerprint density at radius 3 is 2.88 bits per heavy atom. The van der Waals surface area contributed by atoms with Crippen molar-refractivity contribution in [2.75, 3.05) is 5.32 Å². The minimum Gasteiger partial charge on any atom is -0.328 e. The summed E-state index contributed by atoms with van der Waals surface area (Å²) in [6.07, 6.45) is 3.57. The minimum absolute atomic E-state index is 0.0806. The summed E-state index contributed by atoms with van der Waals surface area (Å²) in [4.78, 5) is 19.7. The van der Waals surface area contributed by atoms with Crippen LogP contribution in [0, 0.1) is 0 Å². The van der Waals surface area contributed by atoms with E-state index in [1.807, 2.05) is 6.92 Å². The maximum atomic E-state index is 11.6. The highest BCUT2D eigenvalue weighted by molar-refractivity contribution is 9.11. The van der Waals surface area contributed by atoms with Crippen LogP contribution in [-0.4, -0.2) is 21.9 Å². The largest absolute Gasteiger partial charge is 0.328 e. The SMILES string of the molecule is CC(N)CCCC(=O)Nc1ncc(Br)nc1Br. The summed E-state index contributed by atoms with van der Waals surface area (Å²) in [6, 6.07) is 0.127. The van der Waals surface area contributed by atoms with Crippen molar-refractivity contribution in [2.45, 2.75) is 32.2 Å². The number of hydrogen-bond donors (Lipinski definition) is 2. The molecule has 1 unspecified atom stereocenters. The van der Waals surface area contributed by atoms with Crippen LogP contribution in [0.2, 0.25) is 0 Å². The summed E-state index contributed by atoms with van der Waals surface area (Å²) in [5.41, 5.74) is 5.61. The molecule has 94 valence electrons. The maximum Gasteiger partial charge on any atom is 0.225 e. The highest BCUT2D eigenvalue weighted by atomic mass is 79.9. The first kappa shape index (κ1) is 14.5. The Balaban J connectivity index is 2.45. The fourth-order valence-corrected chi connectivity index (χ4v) is 2.12. The van der Waals surface area contributed by atoms with Crippen molar-refractivity contribution in [3.63, 3.8) is 0 Å². The fourth-order valence-electron chi connectivity index (χ4n) is 1.21. The third-order valence-electron chi connectivity index (χ3n) is 2.02. The van der Waals surface area contributed by atoms with Crippen LogP contribution in [0.5, 0.6) is 0 Å². The first-order valence-electron chi connectivity index (χ1n) is 5.22. The molecular formula is C10H14Br2N4O. The second-order valence-electron chi connectivity index (χ2n) is 3.75. The molecule has 7 heteroatoms. The molecule has 1 atom stereocenters. The zero-order chi connectivity index (χ0) is 12.8. The summed E-state index contributed by atoms with van der Waals surface area (Å²) in [7, 11) is 0. The molecular weight excluding hydrogens is 352 g/mol. The van der Waals surface area contributed by atoms with Gasteiger partial charge in [-0.25, -0.2) is 9.97 Å². The van der Waals surface area contributed by atoms with Gasteiger partial charge in [0.05, 0.1) is 6.20 Å². The Bertz CT molecular complexity index is 398. The average molecular weight is 366 g/mol. The topological polar surface area (TPSA) is 80.9 Å². The van der Waals surface area contributed by atoms with Gasteiger partial charge in [0.15, 0.2) is 5.82 Å². The van der Waals surface area contributed by atoms with Gasteiger partial charge in [-0.15, -0.1) is 0 Å². The number of rotatable bonds is 5. The Kier molecular flexibility index (Phi) is 6.01. The molecule has 1 aromatic rings. The number of nitrogens with zero attached hydrogens (tertiary/aromatic N) is 2. The minimum atomic E-state index is -0.0806. The van der Waals surface area contributed by atoms with E-state index >= 15 is 0 Å². The monoisotopic (exact) mass is 364 g/mol.